The van der Waals surface area contributed by atoms with Gasteiger partial charge < -0.3 is 0 Å². The molecule has 2 nitrogen and oxygen atoms in total. The first-order chi connectivity index (χ1) is 5.57. The van der Waals surface area contributed by atoms with Crippen molar-refractivity contribution in [1.29, 1.82) is 0 Å². The molecule has 0 aliphatic rings. The van der Waals surface area contributed by atoms with Gasteiger partial charge in [-0.2, -0.15) is 0 Å². The van der Waals surface area contributed by atoms with Crippen LogP contribution in [0.15, 0.2) is 0 Å². The molecule has 1 unspecified atom stereocenters. The fourth-order valence-corrected chi connectivity index (χ4v) is 4.52. The first-order valence-corrected chi connectivity index (χ1v) is 11.3. The molecule has 0 N–H and O–H groups in total. The molecule has 0 aromatic heterocycles. The molecule has 0 saturated heterocycles. The van der Waals surface area contributed by atoms with Crippen LogP contribution in [-0.2, 0) is 9.53 Å². The summed E-state index contributed by atoms with van der Waals surface area (Å²) >= 11 is -0.998. The normalized spacial score (nSPS) is 13.1. The number of carbonyl (C=O) groups excluding carboxylic acids is 1. The Balaban J connectivity index is 3.61. The molecule has 12 heavy (non-hydrogen) atoms. The van der Waals surface area contributed by atoms with E-state index in [2.05, 4.69) is 9.74 Å². The number of ether oxygens (including phenoxy) is 1. The number of carbonyl (C=O) groups is 1. The number of hydrogen-bond donors (Lipinski definition) is 0. The van der Waals surface area contributed by atoms with Crippen LogP contribution in [0, 0.1) is 5.92 Å². The van der Waals surface area contributed by atoms with Crippen molar-refractivity contribution in [2.24, 2.45) is 5.92 Å². The van der Waals surface area contributed by atoms with Crippen LogP contribution in [0.1, 0.15) is 20.3 Å². The van der Waals surface area contributed by atoms with Crippen molar-refractivity contribution < 1.29 is 9.53 Å². The SMILES string of the molecule is CCCOC(=O)C(C)[CH2][Sb]([CH3])[CH3]. The Morgan fingerprint density at radius 2 is 2.08 bits per heavy atom. The van der Waals surface area contributed by atoms with Gasteiger partial charge in [0, 0.05) is 0 Å². The predicted molar refractivity (Wildman–Crippen MR) is 52.7 cm³/mol. The zero-order chi connectivity index (χ0) is 9.56. The van der Waals surface area contributed by atoms with E-state index >= 15 is 0 Å². The molecule has 0 aliphatic carbocycles. The number of rotatable bonds is 5. The molecule has 0 radical (unpaired) electrons. The summed E-state index contributed by atoms with van der Waals surface area (Å²) < 4.78 is 6.15. The van der Waals surface area contributed by atoms with Gasteiger partial charge in [0.15, 0.2) is 0 Å². The molecule has 3 heteroatoms. The predicted octanol–water partition coefficient (Wildman–Crippen LogP) is 2.33. The monoisotopic (exact) mass is 280 g/mol. The zero-order valence-electron chi connectivity index (χ0n) is 8.46. The summed E-state index contributed by atoms with van der Waals surface area (Å²) in [6, 6.07) is 0. The summed E-state index contributed by atoms with van der Waals surface area (Å²) in [5, 5.41) is 0. The van der Waals surface area contributed by atoms with E-state index in [1.54, 1.807) is 0 Å². The van der Waals surface area contributed by atoms with Crippen molar-refractivity contribution in [2.75, 3.05) is 6.61 Å². The van der Waals surface area contributed by atoms with Gasteiger partial charge in [0.25, 0.3) is 0 Å². The molecule has 0 aromatic carbocycles. The Hall–Kier alpha value is 0.288. The topological polar surface area (TPSA) is 26.3 Å². The van der Waals surface area contributed by atoms with Crippen LogP contribution in [0.3, 0.4) is 0 Å². The molecule has 0 bridgehead atoms. The van der Waals surface area contributed by atoms with E-state index in [1.165, 1.54) is 0 Å². The summed E-state index contributed by atoms with van der Waals surface area (Å²) in [5.41, 5.74) is 0. The van der Waals surface area contributed by atoms with E-state index < -0.39 is 20.2 Å². The van der Waals surface area contributed by atoms with E-state index in [0.29, 0.717) is 6.61 Å². The van der Waals surface area contributed by atoms with E-state index in [0.717, 1.165) is 10.8 Å². The number of hydrogen-bond acceptors (Lipinski definition) is 2. The van der Waals surface area contributed by atoms with Crippen molar-refractivity contribution >= 4 is 26.2 Å². The van der Waals surface area contributed by atoms with Gasteiger partial charge >= 0.3 is 82.6 Å². The molecule has 0 heterocycles. The minimum absolute atomic E-state index is 0.00458. The fourth-order valence-electron chi connectivity index (χ4n) is 0.967. The van der Waals surface area contributed by atoms with Gasteiger partial charge in [0.2, 0.25) is 0 Å². The van der Waals surface area contributed by atoms with Crippen LogP contribution < -0.4 is 0 Å². The molecule has 72 valence electrons. The van der Waals surface area contributed by atoms with Crippen molar-refractivity contribution in [3.8, 4) is 0 Å². The Kier molecular flexibility index (Phi) is 6.93. The van der Waals surface area contributed by atoms with Crippen LogP contribution in [-0.4, -0.2) is 32.8 Å². The zero-order valence-corrected chi connectivity index (χ0v) is 11.0. The maximum absolute atomic E-state index is 11.2. The molecule has 0 amide bonds. The standard InChI is InChI=1S/C7H13O2.2CH3.Sb/c1-4-5-9-7(8)6(2)3;;;/h6H,2,4-5H2,1,3H3;2*1H3;. The molecule has 0 aliphatic heterocycles. The third-order valence-corrected chi connectivity index (χ3v) is 5.14. The second-order valence-electron chi connectivity index (χ2n) is 3.33. The fraction of sp³-hybridized carbons (Fsp3) is 0.889. The first kappa shape index (κ1) is 12.3. The van der Waals surface area contributed by atoms with Crippen molar-refractivity contribution in [3.05, 3.63) is 0 Å². The Labute approximate surface area is 82.6 Å². The Morgan fingerprint density at radius 3 is 2.50 bits per heavy atom. The van der Waals surface area contributed by atoms with Gasteiger partial charge in [-0.3, -0.25) is 0 Å². The van der Waals surface area contributed by atoms with E-state index in [9.17, 15) is 4.79 Å². The van der Waals surface area contributed by atoms with Crippen LogP contribution in [0.4, 0.5) is 0 Å². The van der Waals surface area contributed by atoms with Crippen molar-refractivity contribution in [2.45, 2.75) is 34.4 Å². The van der Waals surface area contributed by atoms with Crippen molar-refractivity contribution in [3.63, 3.8) is 0 Å². The van der Waals surface area contributed by atoms with Crippen LogP contribution in [0.2, 0.25) is 14.1 Å². The maximum atomic E-state index is 11.2. The van der Waals surface area contributed by atoms with Gasteiger partial charge in [-0.05, 0) is 0 Å². The third-order valence-electron chi connectivity index (χ3n) is 1.49. The van der Waals surface area contributed by atoms with E-state index in [1.807, 2.05) is 13.8 Å². The molecule has 0 aromatic rings. The minimum atomic E-state index is -0.998. The molecule has 0 rings (SSSR count). The summed E-state index contributed by atoms with van der Waals surface area (Å²) in [6.07, 6.45) is 0.918. The summed E-state index contributed by atoms with van der Waals surface area (Å²) in [7, 11) is 0. The summed E-state index contributed by atoms with van der Waals surface area (Å²) in [4.78, 5) is 15.8. The summed E-state index contributed by atoms with van der Waals surface area (Å²) in [5.74, 6) is 0.129. The quantitative estimate of drug-likeness (QED) is 0.571. The van der Waals surface area contributed by atoms with Gasteiger partial charge in [-0.15, -0.1) is 0 Å². The first-order valence-electron chi connectivity index (χ1n) is 4.39. The van der Waals surface area contributed by atoms with Gasteiger partial charge in [-0.1, -0.05) is 0 Å². The second kappa shape index (κ2) is 6.77. The third kappa shape index (κ3) is 5.88. The van der Waals surface area contributed by atoms with Gasteiger partial charge in [0.1, 0.15) is 0 Å². The van der Waals surface area contributed by atoms with Gasteiger partial charge in [0.05, 0.1) is 0 Å². The summed E-state index contributed by atoms with van der Waals surface area (Å²) in [6.45, 7) is 4.56. The number of esters is 1. The average molecular weight is 281 g/mol. The van der Waals surface area contributed by atoms with Crippen LogP contribution >= 0.6 is 0 Å². The van der Waals surface area contributed by atoms with Crippen molar-refractivity contribution in [1.82, 2.24) is 0 Å². The molecule has 0 saturated carbocycles. The molecule has 1 atom stereocenters. The van der Waals surface area contributed by atoms with E-state index in [-0.39, 0.29) is 11.9 Å². The van der Waals surface area contributed by atoms with Gasteiger partial charge in [-0.25, -0.2) is 0 Å². The molecule has 0 spiro atoms. The molecular weight excluding hydrogens is 262 g/mol. The Bertz CT molecular complexity index is 134. The Morgan fingerprint density at radius 1 is 1.50 bits per heavy atom. The average Bonchev–Trinajstić information content (AvgIpc) is 1.98. The second-order valence-corrected chi connectivity index (χ2v) is 10.5. The van der Waals surface area contributed by atoms with E-state index in [4.69, 9.17) is 4.74 Å². The molecular formula is C9H19O2Sb. The van der Waals surface area contributed by atoms with Crippen LogP contribution in [0.5, 0.6) is 0 Å². The van der Waals surface area contributed by atoms with Crippen LogP contribution in [0.25, 0.3) is 0 Å². The molecule has 0 fully saturated rings.